The van der Waals surface area contributed by atoms with Crippen LogP contribution in [0.2, 0.25) is 0 Å². The number of hydrogen-bond donors (Lipinski definition) is 2. The van der Waals surface area contributed by atoms with Crippen molar-refractivity contribution in [1.29, 1.82) is 0 Å². The normalized spacial score (nSPS) is 14.2. The Labute approximate surface area is 203 Å². The first-order valence-corrected chi connectivity index (χ1v) is 11.4. The maximum atomic E-state index is 13.2. The molecule has 3 heterocycles. The number of anilines is 1. The van der Waals surface area contributed by atoms with Crippen LogP contribution in [0.1, 0.15) is 33.5 Å². The van der Waals surface area contributed by atoms with Gasteiger partial charge in [0.2, 0.25) is 0 Å². The number of aromatic amines is 1. The number of nitrogens with one attached hydrogen (secondary N) is 1. The summed E-state index contributed by atoms with van der Waals surface area (Å²) >= 11 is 0. The predicted molar refractivity (Wildman–Crippen MR) is 129 cm³/mol. The second-order valence-electron chi connectivity index (χ2n) is 9.08. The minimum Gasteiger partial charge on any atom is -0.440 e. The summed E-state index contributed by atoms with van der Waals surface area (Å²) in [7, 11) is 0. The van der Waals surface area contributed by atoms with Crippen LogP contribution in [0.25, 0.3) is 22.4 Å². The number of hydrogen-bond acceptors (Lipinski definition) is 6. The van der Waals surface area contributed by atoms with Gasteiger partial charge < -0.3 is 15.1 Å². The molecule has 4 aromatic rings. The number of benzene rings is 2. The molecule has 0 amide bonds. The number of H-pyrrole nitrogens is 1. The van der Waals surface area contributed by atoms with Crippen molar-refractivity contribution in [2.45, 2.75) is 39.5 Å². The lowest BCUT2D eigenvalue weighted by atomic mass is 10.0. The van der Waals surface area contributed by atoms with Crippen LogP contribution in [-0.4, -0.2) is 21.4 Å². The van der Waals surface area contributed by atoms with Crippen molar-refractivity contribution in [1.82, 2.24) is 14.9 Å². The predicted octanol–water partition coefficient (Wildman–Crippen LogP) is 4.32. The molecule has 0 fully saturated rings. The van der Waals surface area contributed by atoms with E-state index in [2.05, 4.69) is 9.97 Å². The van der Waals surface area contributed by atoms with Crippen molar-refractivity contribution in [3.05, 3.63) is 90.5 Å². The van der Waals surface area contributed by atoms with E-state index in [9.17, 15) is 22.8 Å². The Bertz CT molecular complexity index is 1610. The molecule has 10 heteroatoms. The number of rotatable bonds is 3. The van der Waals surface area contributed by atoms with Crippen LogP contribution < -0.4 is 16.7 Å². The maximum absolute atomic E-state index is 13.2. The quantitative estimate of drug-likeness (QED) is 0.438. The number of aromatic nitrogens is 2. The Morgan fingerprint density at radius 2 is 1.81 bits per heavy atom. The minimum atomic E-state index is -4.44. The van der Waals surface area contributed by atoms with Crippen LogP contribution in [-0.2, 0) is 25.7 Å². The summed E-state index contributed by atoms with van der Waals surface area (Å²) in [6, 6.07) is 8.07. The number of nitrogens with two attached hydrogens (primary N) is 1. The summed E-state index contributed by atoms with van der Waals surface area (Å²) in [4.78, 5) is 35.1. The Morgan fingerprint density at radius 3 is 2.50 bits per heavy atom. The second-order valence-corrected chi connectivity index (χ2v) is 9.08. The first-order valence-electron chi connectivity index (χ1n) is 11.4. The van der Waals surface area contributed by atoms with E-state index in [1.807, 2.05) is 18.7 Å². The zero-order valence-electron chi connectivity index (χ0n) is 19.6. The lowest BCUT2D eigenvalue weighted by Gasteiger charge is -2.27. The van der Waals surface area contributed by atoms with E-state index < -0.39 is 11.7 Å². The monoisotopic (exact) mass is 496 g/mol. The van der Waals surface area contributed by atoms with E-state index in [0.717, 1.165) is 23.3 Å². The van der Waals surface area contributed by atoms with Gasteiger partial charge in [-0.2, -0.15) is 13.2 Å². The maximum Gasteiger partial charge on any atom is 0.416 e. The number of nitrogen functional groups attached to an aromatic ring is 1. The molecule has 0 saturated heterocycles. The van der Waals surface area contributed by atoms with E-state index in [0.29, 0.717) is 46.3 Å². The van der Waals surface area contributed by atoms with E-state index in [4.69, 9.17) is 10.2 Å². The number of aryl methyl sites for hydroxylation is 2. The Morgan fingerprint density at radius 1 is 1.11 bits per heavy atom. The molecule has 3 N–H and O–H groups in total. The van der Waals surface area contributed by atoms with Crippen LogP contribution in [0.15, 0.2) is 50.4 Å². The lowest BCUT2D eigenvalue weighted by molar-refractivity contribution is -0.137. The molecule has 2 aromatic heterocycles. The SMILES string of the molecule is Cc1cc2oc(N)c(CN3CCc4nc(-c5ccc(C(F)(F)F)cc5)[nH]c(=O)c4C3)c(=O)c2cc1C. The van der Waals surface area contributed by atoms with Crippen LogP contribution in [0.4, 0.5) is 19.1 Å². The highest BCUT2D eigenvalue weighted by Gasteiger charge is 2.30. The molecule has 1 aliphatic rings. The highest BCUT2D eigenvalue weighted by molar-refractivity contribution is 5.80. The molecule has 5 rings (SSSR count). The van der Waals surface area contributed by atoms with Gasteiger partial charge in [0.25, 0.3) is 5.56 Å². The summed E-state index contributed by atoms with van der Waals surface area (Å²) in [5.41, 5.74) is 8.90. The van der Waals surface area contributed by atoms with Crippen molar-refractivity contribution in [2.24, 2.45) is 0 Å². The van der Waals surface area contributed by atoms with Gasteiger partial charge >= 0.3 is 6.18 Å². The average molecular weight is 496 g/mol. The number of halogens is 3. The van der Waals surface area contributed by atoms with E-state index in [1.165, 1.54) is 12.1 Å². The van der Waals surface area contributed by atoms with Crippen LogP contribution >= 0.6 is 0 Å². The van der Waals surface area contributed by atoms with E-state index in [1.54, 1.807) is 12.1 Å². The van der Waals surface area contributed by atoms with Gasteiger partial charge in [0.05, 0.1) is 27.8 Å². The fourth-order valence-corrected chi connectivity index (χ4v) is 4.45. The molecule has 186 valence electrons. The second kappa shape index (κ2) is 8.63. The highest BCUT2D eigenvalue weighted by atomic mass is 19.4. The van der Waals surface area contributed by atoms with Crippen molar-refractivity contribution in [3.8, 4) is 11.4 Å². The molecule has 0 saturated carbocycles. The van der Waals surface area contributed by atoms with Gasteiger partial charge in [-0.1, -0.05) is 12.1 Å². The van der Waals surface area contributed by atoms with Crippen molar-refractivity contribution in [2.75, 3.05) is 12.3 Å². The summed E-state index contributed by atoms with van der Waals surface area (Å²) in [5.74, 6) is 0.261. The van der Waals surface area contributed by atoms with Gasteiger partial charge in [-0.3, -0.25) is 14.5 Å². The minimum absolute atomic E-state index is 0.0474. The smallest absolute Gasteiger partial charge is 0.416 e. The fourth-order valence-electron chi connectivity index (χ4n) is 4.45. The van der Waals surface area contributed by atoms with Crippen LogP contribution in [0, 0.1) is 13.8 Å². The summed E-state index contributed by atoms with van der Waals surface area (Å²) < 4.78 is 44.3. The highest BCUT2D eigenvalue weighted by Crippen LogP contribution is 2.30. The Hall–Kier alpha value is -3.92. The lowest BCUT2D eigenvalue weighted by Crippen LogP contribution is -2.36. The zero-order chi connectivity index (χ0) is 25.8. The standard InChI is InChI=1S/C26H23F3N4O3/c1-13-9-17-21(10-14(13)2)36-23(30)19(22(17)34)12-33-8-7-20-18(11-33)25(35)32-24(31-20)15-3-5-16(6-4-15)26(27,28)29/h3-6,9-10H,7-8,11-12,30H2,1-2H3,(H,31,32,35). The topological polar surface area (TPSA) is 105 Å². The number of alkyl halides is 3. The molecular weight excluding hydrogens is 473 g/mol. The first kappa shape index (κ1) is 23.8. The Kier molecular flexibility index (Phi) is 5.71. The third-order valence-corrected chi connectivity index (χ3v) is 6.65. The van der Waals surface area contributed by atoms with E-state index >= 15 is 0 Å². The van der Waals surface area contributed by atoms with Gasteiger partial charge in [-0.25, -0.2) is 4.98 Å². The summed E-state index contributed by atoms with van der Waals surface area (Å²) in [5, 5.41) is 0.459. The third-order valence-electron chi connectivity index (χ3n) is 6.65. The molecular formula is C26H23F3N4O3. The number of fused-ring (bicyclic) bond motifs is 2. The molecule has 0 radical (unpaired) electrons. The molecule has 1 aliphatic heterocycles. The molecule has 7 nitrogen and oxygen atoms in total. The molecule has 0 spiro atoms. The fraction of sp³-hybridized carbons (Fsp3) is 0.269. The van der Waals surface area contributed by atoms with Gasteiger partial charge in [-0.15, -0.1) is 0 Å². The largest absolute Gasteiger partial charge is 0.440 e. The molecule has 0 bridgehead atoms. The van der Waals surface area contributed by atoms with Gasteiger partial charge in [0.15, 0.2) is 11.3 Å². The van der Waals surface area contributed by atoms with Crippen molar-refractivity contribution >= 4 is 16.9 Å². The van der Waals surface area contributed by atoms with Gasteiger partial charge in [0.1, 0.15) is 11.4 Å². The van der Waals surface area contributed by atoms with Crippen LogP contribution in [0.5, 0.6) is 0 Å². The van der Waals surface area contributed by atoms with Crippen molar-refractivity contribution < 1.29 is 17.6 Å². The van der Waals surface area contributed by atoms with Gasteiger partial charge in [-0.05, 0) is 49.2 Å². The van der Waals surface area contributed by atoms with E-state index in [-0.39, 0.29) is 35.8 Å². The summed E-state index contributed by atoms with van der Waals surface area (Å²) in [6.45, 7) is 4.81. The zero-order valence-corrected chi connectivity index (χ0v) is 19.6. The molecule has 2 aromatic carbocycles. The molecule has 0 aliphatic carbocycles. The van der Waals surface area contributed by atoms with Gasteiger partial charge in [0, 0.05) is 31.6 Å². The average Bonchev–Trinajstić information content (AvgIpc) is 2.83. The number of nitrogens with zero attached hydrogens (tertiary/aromatic N) is 2. The van der Waals surface area contributed by atoms with Crippen molar-refractivity contribution in [3.63, 3.8) is 0 Å². The molecule has 0 atom stereocenters. The molecule has 36 heavy (non-hydrogen) atoms. The Balaban J connectivity index is 1.42. The molecule has 0 unspecified atom stereocenters. The first-order chi connectivity index (χ1) is 17.0. The van der Waals surface area contributed by atoms with Crippen LogP contribution in [0.3, 0.4) is 0 Å². The third kappa shape index (κ3) is 4.28. The summed E-state index contributed by atoms with van der Waals surface area (Å²) in [6.07, 6.45) is -4.01.